The van der Waals surface area contributed by atoms with Gasteiger partial charge < -0.3 is 14.4 Å². The third-order valence-corrected chi connectivity index (χ3v) is 6.22. The number of Topliss-reactive ketones (excluding diaryl/α,β-unsaturated/α-hetero) is 1. The minimum Gasteiger partial charge on any atom is -0.486 e. The molecule has 32 heavy (non-hydrogen) atoms. The van der Waals surface area contributed by atoms with Gasteiger partial charge in [-0.25, -0.2) is 4.68 Å². The van der Waals surface area contributed by atoms with E-state index in [9.17, 15) is 9.59 Å². The molecule has 1 aromatic heterocycles. The van der Waals surface area contributed by atoms with E-state index in [-0.39, 0.29) is 17.6 Å². The Morgan fingerprint density at radius 2 is 1.69 bits per heavy atom. The second-order valence-corrected chi connectivity index (χ2v) is 8.18. The average Bonchev–Trinajstić information content (AvgIpc) is 3.24. The van der Waals surface area contributed by atoms with E-state index in [0.29, 0.717) is 61.8 Å². The highest BCUT2D eigenvalue weighted by Crippen LogP contribution is 2.32. The number of nitrogens with zero attached hydrogens (tertiary/aromatic N) is 3. The van der Waals surface area contributed by atoms with Gasteiger partial charge in [0.15, 0.2) is 17.3 Å². The maximum absolute atomic E-state index is 13.1. The van der Waals surface area contributed by atoms with Crippen molar-refractivity contribution in [2.45, 2.75) is 19.8 Å². The quantitative estimate of drug-likeness (QED) is 0.589. The molecule has 1 saturated heterocycles. The molecule has 2 aromatic carbocycles. The van der Waals surface area contributed by atoms with Crippen LogP contribution < -0.4 is 9.47 Å². The molecular formula is C25H25N3O4. The van der Waals surface area contributed by atoms with Crippen LogP contribution in [0.2, 0.25) is 0 Å². The van der Waals surface area contributed by atoms with Gasteiger partial charge in [0.05, 0.1) is 23.1 Å². The predicted octanol–water partition coefficient (Wildman–Crippen LogP) is 3.69. The molecule has 0 N–H and O–H groups in total. The van der Waals surface area contributed by atoms with Crippen molar-refractivity contribution in [3.05, 3.63) is 71.5 Å². The molecule has 0 atom stereocenters. The Morgan fingerprint density at radius 3 is 2.44 bits per heavy atom. The minimum atomic E-state index is -0.102. The lowest BCUT2D eigenvalue weighted by molar-refractivity contribution is 0.0649. The maximum atomic E-state index is 13.1. The standard InChI is InChI=1S/C25H25N3O4/c1-17-21(16-26-28(17)20-5-3-2-4-6-20)25(30)27-11-9-18(10-12-27)24(29)19-7-8-22-23(15-19)32-14-13-31-22/h2-8,15-16,18H,9-14H2,1H3. The molecule has 0 saturated carbocycles. The van der Waals surface area contributed by atoms with Crippen molar-refractivity contribution in [3.63, 3.8) is 0 Å². The Bertz CT molecular complexity index is 1150. The van der Waals surface area contributed by atoms with E-state index in [0.717, 1.165) is 11.4 Å². The van der Waals surface area contributed by atoms with Gasteiger partial charge in [-0.2, -0.15) is 5.10 Å². The summed E-state index contributed by atoms with van der Waals surface area (Å²) in [4.78, 5) is 28.0. The van der Waals surface area contributed by atoms with Gasteiger partial charge in [0.25, 0.3) is 5.91 Å². The first kappa shape index (κ1) is 20.3. The molecule has 0 bridgehead atoms. The largest absolute Gasteiger partial charge is 0.486 e. The summed E-state index contributed by atoms with van der Waals surface area (Å²) in [6.07, 6.45) is 2.92. The molecule has 164 valence electrons. The van der Waals surface area contributed by atoms with Crippen LogP contribution in [-0.2, 0) is 0 Å². The number of carbonyl (C=O) groups is 2. The summed E-state index contributed by atoms with van der Waals surface area (Å²) in [5.74, 6) is 1.27. The van der Waals surface area contributed by atoms with Gasteiger partial charge in [0.1, 0.15) is 13.2 Å². The highest BCUT2D eigenvalue weighted by Gasteiger charge is 2.30. The number of ether oxygens (including phenoxy) is 2. The van der Waals surface area contributed by atoms with Gasteiger partial charge in [-0.3, -0.25) is 9.59 Å². The van der Waals surface area contributed by atoms with Gasteiger partial charge in [-0.1, -0.05) is 18.2 Å². The zero-order valence-corrected chi connectivity index (χ0v) is 18.0. The molecule has 7 heteroatoms. The Labute approximate surface area is 186 Å². The molecular weight excluding hydrogens is 406 g/mol. The Kier molecular flexibility index (Phi) is 5.39. The van der Waals surface area contributed by atoms with Gasteiger partial charge in [0, 0.05) is 24.6 Å². The lowest BCUT2D eigenvalue weighted by Crippen LogP contribution is -2.40. The molecule has 5 rings (SSSR count). The van der Waals surface area contributed by atoms with Crippen molar-refractivity contribution >= 4 is 11.7 Å². The Balaban J connectivity index is 1.24. The molecule has 2 aliphatic rings. The smallest absolute Gasteiger partial charge is 0.257 e. The summed E-state index contributed by atoms with van der Waals surface area (Å²) in [6.45, 7) is 4.03. The number of piperidine rings is 1. The van der Waals surface area contributed by atoms with Crippen LogP contribution >= 0.6 is 0 Å². The third kappa shape index (κ3) is 3.75. The zero-order chi connectivity index (χ0) is 22.1. The molecule has 2 aliphatic heterocycles. The lowest BCUT2D eigenvalue weighted by Gasteiger charge is -2.31. The number of hydrogen-bond acceptors (Lipinski definition) is 5. The summed E-state index contributed by atoms with van der Waals surface area (Å²) in [5.41, 5.74) is 2.98. The fraction of sp³-hybridized carbons (Fsp3) is 0.320. The average molecular weight is 431 g/mol. The highest BCUT2D eigenvalue weighted by atomic mass is 16.6. The summed E-state index contributed by atoms with van der Waals surface area (Å²) in [6, 6.07) is 15.1. The van der Waals surface area contributed by atoms with Crippen LogP contribution in [0.15, 0.2) is 54.7 Å². The summed E-state index contributed by atoms with van der Waals surface area (Å²) >= 11 is 0. The van der Waals surface area contributed by atoms with E-state index < -0.39 is 0 Å². The molecule has 0 spiro atoms. The fourth-order valence-corrected chi connectivity index (χ4v) is 4.40. The number of aromatic nitrogens is 2. The first-order valence-electron chi connectivity index (χ1n) is 10.9. The molecule has 3 heterocycles. The second kappa shape index (κ2) is 8.49. The van der Waals surface area contributed by atoms with Crippen LogP contribution in [-0.4, -0.2) is 52.7 Å². The van der Waals surface area contributed by atoms with Crippen molar-refractivity contribution in [2.24, 2.45) is 5.92 Å². The number of amides is 1. The van der Waals surface area contributed by atoms with Crippen LogP contribution in [0, 0.1) is 12.8 Å². The number of hydrogen-bond donors (Lipinski definition) is 0. The summed E-state index contributed by atoms with van der Waals surface area (Å²) < 4.78 is 12.9. The number of rotatable bonds is 4. The topological polar surface area (TPSA) is 73.7 Å². The second-order valence-electron chi connectivity index (χ2n) is 8.18. The van der Waals surface area contributed by atoms with Crippen LogP contribution in [0.1, 0.15) is 39.3 Å². The Morgan fingerprint density at radius 1 is 0.969 bits per heavy atom. The van der Waals surface area contributed by atoms with Crippen molar-refractivity contribution in [2.75, 3.05) is 26.3 Å². The number of likely N-dealkylation sites (tertiary alicyclic amines) is 1. The molecule has 0 radical (unpaired) electrons. The van der Waals surface area contributed by atoms with E-state index in [1.165, 1.54) is 0 Å². The van der Waals surface area contributed by atoms with Crippen molar-refractivity contribution in [1.82, 2.24) is 14.7 Å². The third-order valence-electron chi connectivity index (χ3n) is 6.22. The van der Waals surface area contributed by atoms with Gasteiger partial charge in [0.2, 0.25) is 0 Å². The molecule has 3 aromatic rings. The van der Waals surface area contributed by atoms with Crippen molar-refractivity contribution in [3.8, 4) is 17.2 Å². The summed E-state index contributed by atoms with van der Waals surface area (Å²) in [7, 11) is 0. The minimum absolute atomic E-state index is 0.0325. The van der Waals surface area contributed by atoms with E-state index in [1.807, 2.05) is 42.2 Å². The normalized spacial score (nSPS) is 16.1. The zero-order valence-electron chi connectivity index (χ0n) is 18.0. The highest BCUT2D eigenvalue weighted by molar-refractivity contribution is 5.99. The monoisotopic (exact) mass is 431 g/mol. The molecule has 1 amide bonds. The van der Waals surface area contributed by atoms with Gasteiger partial charge in [-0.05, 0) is 50.1 Å². The van der Waals surface area contributed by atoms with E-state index in [1.54, 1.807) is 29.1 Å². The van der Waals surface area contributed by atoms with Gasteiger partial charge in [-0.15, -0.1) is 0 Å². The van der Waals surface area contributed by atoms with E-state index in [2.05, 4.69) is 5.10 Å². The maximum Gasteiger partial charge on any atom is 0.257 e. The lowest BCUT2D eigenvalue weighted by atomic mass is 9.88. The molecule has 1 fully saturated rings. The molecule has 7 nitrogen and oxygen atoms in total. The predicted molar refractivity (Wildman–Crippen MR) is 119 cm³/mol. The van der Waals surface area contributed by atoms with Crippen molar-refractivity contribution < 1.29 is 19.1 Å². The number of para-hydroxylation sites is 1. The van der Waals surface area contributed by atoms with Crippen LogP contribution in [0.4, 0.5) is 0 Å². The number of benzene rings is 2. The fourth-order valence-electron chi connectivity index (χ4n) is 4.40. The van der Waals surface area contributed by atoms with E-state index in [4.69, 9.17) is 9.47 Å². The first-order chi connectivity index (χ1) is 15.6. The number of carbonyl (C=O) groups excluding carboxylic acids is 2. The Hall–Kier alpha value is -3.61. The van der Waals surface area contributed by atoms with Gasteiger partial charge >= 0.3 is 0 Å². The van der Waals surface area contributed by atoms with Crippen LogP contribution in [0.5, 0.6) is 11.5 Å². The van der Waals surface area contributed by atoms with E-state index >= 15 is 0 Å². The number of ketones is 1. The SMILES string of the molecule is Cc1c(C(=O)N2CCC(C(=O)c3ccc4c(c3)OCCO4)CC2)cnn1-c1ccccc1. The molecule has 0 aliphatic carbocycles. The number of fused-ring (bicyclic) bond motifs is 1. The van der Waals surface area contributed by atoms with Crippen LogP contribution in [0.3, 0.4) is 0 Å². The van der Waals surface area contributed by atoms with Crippen molar-refractivity contribution in [1.29, 1.82) is 0 Å². The first-order valence-corrected chi connectivity index (χ1v) is 10.9. The summed E-state index contributed by atoms with van der Waals surface area (Å²) in [5, 5.41) is 4.41. The molecule has 0 unspecified atom stereocenters. The van der Waals surface area contributed by atoms with Crippen LogP contribution in [0.25, 0.3) is 5.69 Å².